The fourth-order valence-corrected chi connectivity index (χ4v) is 2.52. The van der Waals surface area contributed by atoms with E-state index < -0.39 is 16.8 Å². The second-order valence-electron chi connectivity index (χ2n) is 5.72. The smallest absolute Gasteiger partial charge is 0.320 e. The number of nitrogens with zero attached hydrogens (tertiary/aromatic N) is 5. The van der Waals surface area contributed by atoms with Gasteiger partial charge in [0.2, 0.25) is 11.7 Å². The number of hydrogen-bond donors (Lipinski definition) is 3. The van der Waals surface area contributed by atoms with Crippen molar-refractivity contribution in [2.24, 2.45) is 0 Å². The highest BCUT2D eigenvalue weighted by atomic mass is 19.1. The van der Waals surface area contributed by atoms with Crippen molar-refractivity contribution < 1.29 is 14.1 Å². The first-order valence-corrected chi connectivity index (χ1v) is 8.26. The van der Waals surface area contributed by atoms with Gasteiger partial charge >= 0.3 is 5.69 Å². The summed E-state index contributed by atoms with van der Waals surface area (Å²) in [7, 11) is 0. The predicted molar refractivity (Wildman–Crippen MR) is 98.1 cm³/mol. The van der Waals surface area contributed by atoms with Crippen LogP contribution in [-0.2, 0) is 0 Å². The maximum absolute atomic E-state index is 13.0. The van der Waals surface area contributed by atoms with Crippen molar-refractivity contribution in [1.29, 1.82) is 0 Å². The number of nitrogen functional groups attached to an aromatic ring is 1. The molecule has 12 heteroatoms. The van der Waals surface area contributed by atoms with E-state index in [1.165, 1.54) is 12.1 Å². The summed E-state index contributed by atoms with van der Waals surface area (Å²) in [5.74, 6) is 0.0992. The average Bonchev–Trinajstić information content (AvgIpc) is 3.10. The van der Waals surface area contributed by atoms with Crippen molar-refractivity contribution in [3.05, 3.63) is 46.3 Å². The van der Waals surface area contributed by atoms with Gasteiger partial charge in [-0.25, -0.2) is 24.4 Å². The van der Waals surface area contributed by atoms with Crippen LogP contribution in [0.5, 0.6) is 5.88 Å². The van der Waals surface area contributed by atoms with Crippen LogP contribution in [-0.4, -0.2) is 36.7 Å². The van der Waals surface area contributed by atoms with Crippen molar-refractivity contribution >= 4 is 17.3 Å². The lowest BCUT2D eigenvalue weighted by molar-refractivity contribution is -0.383. The van der Waals surface area contributed by atoms with Gasteiger partial charge in [-0.1, -0.05) is 0 Å². The van der Waals surface area contributed by atoms with E-state index in [2.05, 4.69) is 30.5 Å². The Morgan fingerprint density at radius 2 is 2.11 bits per heavy atom. The molecular formula is C16H17FN8O3. The first-order chi connectivity index (χ1) is 13.4. The van der Waals surface area contributed by atoms with Crippen molar-refractivity contribution in [3.63, 3.8) is 0 Å². The minimum absolute atomic E-state index is 0.162. The summed E-state index contributed by atoms with van der Waals surface area (Å²) < 4.78 is 18.3. The molecule has 3 aromatic heterocycles. The zero-order valence-electron chi connectivity index (χ0n) is 15.0. The third-order valence-corrected chi connectivity index (χ3v) is 3.72. The first kappa shape index (κ1) is 18.9. The number of nitrogens with one attached hydrogen (secondary N) is 2. The zero-order valence-corrected chi connectivity index (χ0v) is 15.0. The molecule has 3 rings (SSSR count). The van der Waals surface area contributed by atoms with Crippen molar-refractivity contribution in [3.8, 4) is 17.1 Å². The third kappa shape index (κ3) is 3.95. The standard InChI is InChI=1S/C16H17FN8O3/c1-3-28-13-5-11(23-24-13)10-4-12(22-15(18)14(10)25(26)27)21-8(2)16-19-6-9(17)7-20-16/h4-8H,3H2,1-2H3,(H,23,24)(H3,18,21,22)/t8-/m0/s1. The van der Waals surface area contributed by atoms with Crippen LogP contribution in [0, 0.1) is 15.9 Å². The molecule has 0 radical (unpaired) electrons. The second-order valence-corrected chi connectivity index (χ2v) is 5.72. The Bertz CT molecular complexity index is 992. The van der Waals surface area contributed by atoms with E-state index in [0.29, 0.717) is 18.3 Å². The minimum atomic E-state index is -0.622. The second kappa shape index (κ2) is 7.82. The molecule has 0 bridgehead atoms. The van der Waals surface area contributed by atoms with Crippen LogP contribution in [0.3, 0.4) is 0 Å². The summed E-state index contributed by atoms with van der Waals surface area (Å²) in [5, 5.41) is 21.2. The molecule has 0 amide bonds. The molecule has 0 saturated heterocycles. The van der Waals surface area contributed by atoms with Gasteiger partial charge in [-0.05, 0) is 19.9 Å². The van der Waals surface area contributed by atoms with Gasteiger partial charge in [0.25, 0.3) is 0 Å². The molecule has 28 heavy (non-hydrogen) atoms. The molecule has 3 aromatic rings. The number of rotatable bonds is 7. The van der Waals surface area contributed by atoms with Crippen LogP contribution >= 0.6 is 0 Å². The van der Waals surface area contributed by atoms with Gasteiger partial charge in [0.1, 0.15) is 17.3 Å². The molecule has 0 spiro atoms. The monoisotopic (exact) mass is 388 g/mol. The van der Waals surface area contributed by atoms with Crippen LogP contribution in [0.15, 0.2) is 24.5 Å². The molecule has 0 aliphatic heterocycles. The lowest BCUT2D eigenvalue weighted by Gasteiger charge is -2.14. The molecule has 0 saturated carbocycles. The number of halogens is 1. The minimum Gasteiger partial charge on any atom is -0.478 e. The van der Waals surface area contributed by atoms with Crippen LogP contribution in [0.4, 0.5) is 21.7 Å². The van der Waals surface area contributed by atoms with E-state index in [9.17, 15) is 14.5 Å². The number of anilines is 2. The maximum Gasteiger partial charge on any atom is 0.320 e. The molecule has 0 aromatic carbocycles. The Balaban J connectivity index is 1.97. The Hall–Kier alpha value is -3.83. The average molecular weight is 388 g/mol. The summed E-state index contributed by atoms with van der Waals surface area (Å²) in [6, 6.07) is 2.52. The van der Waals surface area contributed by atoms with Gasteiger partial charge in [-0.15, -0.1) is 0 Å². The maximum atomic E-state index is 13.0. The normalized spacial score (nSPS) is 11.8. The summed E-state index contributed by atoms with van der Waals surface area (Å²) >= 11 is 0. The van der Waals surface area contributed by atoms with Crippen LogP contribution in [0.1, 0.15) is 25.7 Å². The number of aromatic amines is 1. The molecular weight excluding hydrogens is 371 g/mol. The highest BCUT2D eigenvalue weighted by Crippen LogP contribution is 2.36. The summed E-state index contributed by atoms with van der Waals surface area (Å²) in [4.78, 5) is 22.7. The lowest BCUT2D eigenvalue weighted by atomic mass is 10.1. The number of nitrogens with two attached hydrogens (primary N) is 1. The van der Waals surface area contributed by atoms with E-state index in [1.54, 1.807) is 13.8 Å². The Kier molecular flexibility index (Phi) is 5.29. The molecule has 0 fully saturated rings. The van der Waals surface area contributed by atoms with Crippen LogP contribution in [0.2, 0.25) is 0 Å². The Morgan fingerprint density at radius 3 is 2.75 bits per heavy atom. The number of pyridine rings is 1. The summed E-state index contributed by atoms with van der Waals surface area (Å²) in [5.41, 5.74) is 5.89. The topological polar surface area (TPSA) is 158 Å². The van der Waals surface area contributed by atoms with Gasteiger partial charge in [-0.3, -0.25) is 10.1 Å². The van der Waals surface area contributed by atoms with Crippen molar-refractivity contribution in [1.82, 2.24) is 25.1 Å². The van der Waals surface area contributed by atoms with E-state index in [4.69, 9.17) is 10.5 Å². The van der Waals surface area contributed by atoms with E-state index >= 15 is 0 Å². The SMILES string of the molecule is CCOc1cc(-c2cc(N[C@@H](C)c3ncc(F)cn3)nc(N)c2[N+](=O)[O-])n[nH]1. The predicted octanol–water partition coefficient (Wildman–Crippen LogP) is 2.46. The number of aromatic nitrogens is 5. The Labute approximate surface area is 158 Å². The van der Waals surface area contributed by atoms with Crippen molar-refractivity contribution in [2.75, 3.05) is 17.7 Å². The lowest BCUT2D eigenvalue weighted by Crippen LogP contribution is -2.13. The van der Waals surface area contributed by atoms with E-state index in [1.807, 2.05) is 0 Å². The number of ether oxygens (including phenoxy) is 1. The van der Waals surface area contributed by atoms with Crippen molar-refractivity contribution in [2.45, 2.75) is 19.9 Å². The number of hydrogen-bond acceptors (Lipinski definition) is 9. The van der Waals surface area contributed by atoms with E-state index in [0.717, 1.165) is 12.4 Å². The fourth-order valence-electron chi connectivity index (χ4n) is 2.52. The Morgan fingerprint density at radius 1 is 1.39 bits per heavy atom. The molecule has 11 nitrogen and oxygen atoms in total. The van der Waals surface area contributed by atoms with Gasteiger partial charge in [0.15, 0.2) is 5.82 Å². The molecule has 0 aliphatic rings. The van der Waals surface area contributed by atoms with E-state index in [-0.39, 0.29) is 28.6 Å². The molecule has 0 aliphatic carbocycles. The highest BCUT2D eigenvalue weighted by Gasteiger charge is 2.25. The fraction of sp³-hybridized carbons (Fsp3) is 0.250. The van der Waals surface area contributed by atoms with Gasteiger partial charge in [-0.2, -0.15) is 5.10 Å². The highest BCUT2D eigenvalue weighted by molar-refractivity contribution is 5.80. The zero-order chi connectivity index (χ0) is 20.3. The van der Waals surface area contributed by atoms with Gasteiger partial charge in [0.05, 0.1) is 35.5 Å². The van der Waals surface area contributed by atoms with Gasteiger partial charge in [0, 0.05) is 6.07 Å². The number of nitro groups is 1. The molecule has 4 N–H and O–H groups in total. The van der Waals surface area contributed by atoms with Crippen LogP contribution < -0.4 is 15.8 Å². The van der Waals surface area contributed by atoms with Crippen LogP contribution in [0.25, 0.3) is 11.3 Å². The summed E-state index contributed by atoms with van der Waals surface area (Å²) in [6.07, 6.45) is 2.09. The first-order valence-electron chi connectivity index (χ1n) is 8.26. The number of H-pyrrole nitrogens is 1. The molecule has 0 unspecified atom stereocenters. The summed E-state index contributed by atoms with van der Waals surface area (Å²) in [6.45, 7) is 3.94. The molecule has 3 heterocycles. The molecule has 146 valence electrons. The quantitative estimate of drug-likeness (QED) is 0.408. The third-order valence-electron chi connectivity index (χ3n) is 3.72. The molecule has 1 atom stereocenters. The van der Waals surface area contributed by atoms with Gasteiger partial charge < -0.3 is 15.8 Å². The largest absolute Gasteiger partial charge is 0.478 e.